The van der Waals surface area contributed by atoms with Crippen LogP contribution in [0.1, 0.15) is 93.2 Å². The Labute approximate surface area is 536 Å². The SMILES string of the molecule is CCN1c2cc3c(cc2C(CS(=O)(=O)O)=CC1(C)C)C(c1ccccc1C(=O)N(C)CCCC(=O)NCCNC(=O)O[C@@H]1[C@H](O)[C@@H](COP(=O)(O)OP(=O)(O)OP(O)(O)=S)O[C@H]1n1cnc2c(=O)[nH]c(N)nc21)=c1cc2c(cc1O3)=[N+](CC)C(C)(C)C=C2CS(=O)(=O)O. The molecule has 1 fully saturated rings. The highest BCUT2D eigenvalue weighted by Gasteiger charge is 2.50. The number of nitrogen functional groups attached to an aromatic ring is 1. The number of alkyl carbamates (subject to hydrolysis) is 1. The van der Waals surface area contributed by atoms with Crippen LogP contribution in [0.25, 0.3) is 27.9 Å². The summed E-state index contributed by atoms with van der Waals surface area (Å²) < 4.78 is 130. The van der Waals surface area contributed by atoms with E-state index < -0.39 is 120 Å². The quantitative estimate of drug-likeness (QED) is 0.0179. The number of H-pyrrole nitrogens is 1. The number of aromatic nitrogens is 4. The molecule has 39 heteroatoms. The molecule has 5 aromatic rings. The van der Waals surface area contributed by atoms with Gasteiger partial charge in [0.2, 0.25) is 17.2 Å². The zero-order chi connectivity index (χ0) is 68.3. The van der Waals surface area contributed by atoms with E-state index in [0.29, 0.717) is 79.8 Å². The molecule has 2 aromatic heterocycles. The van der Waals surface area contributed by atoms with Crippen molar-refractivity contribution in [3.05, 3.63) is 116 Å². The van der Waals surface area contributed by atoms with E-state index in [9.17, 15) is 78.9 Å². The third kappa shape index (κ3) is 16.0. The lowest BCUT2D eigenvalue weighted by Gasteiger charge is -2.43. The van der Waals surface area contributed by atoms with E-state index in [1.54, 1.807) is 67.7 Å². The van der Waals surface area contributed by atoms with Crippen molar-refractivity contribution in [1.29, 1.82) is 0 Å². The lowest BCUT2D eigenvalue weighted by molar-refractivity contribution is -0.121. The Morgan fingerprint density at radius 1 is 0.892 bits per heavy atom. The van der Waals surface area contributed by atoms with E-state index in [1.165, 1.54) is 4.90 Å². The molecule has 9 rings (SSSR count). The van der Waals surface area contributed by atoms with Crippen LogP contribution >= 0.6 is 22.4 Å². The van der Waals surface area contributed by atoms with Gasteiger partial charge in [0.1, 0.15) is 41.8 Å². The minimum atomic E-state index is -5.74. The Bertz CT molecular complexity index is 4540. The molecule has 4 aliphatic rings. The zero-order valence-corrected chi connectivity index (χ0v) is 55.9. The number of aliphatic hydroxyl groups excluding tert-OH is 1. The van der Waals surface area contributed by atoms with Crippen molar-refractivity contribution in [2.75, 3.05) is 68.5 Å². The summed E-state index contributed by atoms with van der Waals surface area (Å²) in [6.45, 7) is 6.05. The van der Waals surface area contributed by atoms with Crippen molar-refractivity contribution >= 4 is 112 Å². The molecule has 0 aliphatic carbocycles. The number of likely N-dealkylation sites (N-methyl/N-ethyl adjacent to an activating group) is 2. The molecule has 1 saturated heterocycles. The number of carbonyl (C=O) groups excluding carboxylic acids is 3. The average Bonchev–Trinajstić information content (AvgIpc) is 1.39. The standard InChI is InChI=1S/C54H67N10O23P3S3/c1-8-63-37-21-39-35(19-33(37)29(23-53(63,3)4)26-92(76,77)78)43(36-20-34-30(27-93(79,80)81)24-54(5,6)64(9-2)38(34)22-40(36)83-39)31-13-10-11-14-32(31)49(68)61(7)18-12-15-42(65)56-16-17-57-52(69)85-46-45(66)41(25-82-88(70,71)86-89(72,73)87-90(74,75)91)84-50(46)62-28-58-44-47(62)59-51(55)60-48(44)67/h10-11,13-14,19-24,28,41,45-46,50,66H,8-9,12,15-18,25-27H2,1-7H3,(H10-,55,56,57,59,60,65,67,69,70,71,72,73,74,75,76,77,78,79,80,81,91)/p+1/t41-,45-,46-,50-/m1/s1. The summed E-state index contributed by atoms with van der Waals surface area (Å²) in [4.78, 5) is 106. The predicted octanol–water partition coefficient (Wildman–Crippen LogP) is 2.00. The molecule has 6 heterocycles. The van der Waals surface area contributed by atoms with E-state index in [0.717, 1.165) is 10.9 Å². The van der Waals surface area contributed by atoms with Crippen LogP contribution in [0.3, 0.4) is 0 Å². The Kier molecular flexibility index (Phi) is 20.1. The number of phosphoric ester groups is 1. The van der Waals surface area contributed by atoms with Crippen molar-refractivity contribution in [2.24, 2.45) is 0 Å². The summed E-state index contributed by atoms with van der Waals surface area (Å²) in [7, 11) is -19.0. The van der Waals surface area contributed by atoms with Crippen LogP contribution in [0, 0.1) is 0 Å². The number of hydrogen-bond donors (Lipinski definition) is 11. The molecule has 4 aliphatic heterocycles. The van der Waals surface area contributed by atoms with Crippen LogP contribution in [0.5, 0.6) is 11.5 Å². The highest BCUT2D eigenvalue weighted by atomic mass is 32.5. The van der Waals surface area contributed by atoms with Crippen LogP contribution in [0.2, 0.25) is 0 Å². The fraction of sp³-hybridized carbons (Fsp3) is 0.426. The molecule has 3 aromatic carbocycles. The molecule has 33 nitrogen and oxygen atoms in total. The van der Waals surface area contributed by atoms with Gasteiger partial charge in [0.25, 0.3) is 31.7 Å². The van der Waals surface area contributed by atoms with Crippen molar-refractivity contribution in [2.45, 2.75) is 90.0 Å². The number of aromatic amines is 1. The second-order valence-electron chi connectivity index (χ2n) is 23.0. The molecule has 0 radical (unpaired) electrons. The van der Waals surface area contributed by atoms with E-state index in [-0.39, 0.29) is 55.2 Å². The molecular formula is C54H68N10O23P3S3+. The Morgan fingerprint density at radius 2 is 1.56 bits per heavy atom. The van der Waals surface area contributed by atoms with Crippen LogP contribution in [0.15, 0.2) is 71.8 Å². The van der Waals surface area contributed by atoms with E-state index in [1.807, 2.05) is 41.5 Å². The van der Waals surface area contributed by atoms with Crippen molar-refractivity contribution in [3.8, 4) is 11.5 Å². The third-order valence-electron chi connectivity index (χ3n) is 15.5. The van der Waals surface area contributed by atoms with Crippen molar-refractivity contribution in [3.63, 3.8) is 0 Å². The van der Waals surface area contributed by atoms with Gasteiger partial charge in [0.15, 0.2) is 29.0 Å². The summed E-state index contributed by atoms with van der Waals surface area (Å²) in [6, 6.07) is 13.8. The van der Waals surface area contributed by atoms with Crippen molar-refractivity contribution < 1.29 is 101 Å². The number of benzene rings is 3. The molecule has 0 saturated carbocycles. The van der Waals surface area contributed by atoms with Crippen LogP contribution in [-0.4, -0.2) is 180 Å². The topological polar surface area (TPSA) is 474 Å². The van der Waals surface area contributed by atoms with Gasteiger partial charge >= 0.3 is 28.5 Å². The van der Waals surface area contributed by atoms with Crippen LogP contribution in [-0.2, 0) is 68.6 Å². The number of phosphoric acid groups is 2. The van der Waals surface area contributed by atoms with Crippen LogP contribution in [0.4, 0.5) is 16.4 Å². The van der Waals surface area contributed by atoms with Crippen LogP contribution < -0.4 is 46.7 Å². The molecule has 0 spiro atoms. The summed E-state index contributed by atoms with van der Waals surface area (Å²) in [5, 5.41) is 17.4. The number of rotatable bonds is 24. The number of ether oxygens (including phenoxy) is 3. The lowest BCUT2D eigenvalue weighted by atomic mass is 9.83. The summed E-state index contributed by atoms with van der Waals surface area (Å²) in [5.74, 6) is -2.10. The van der Waals surface area contributed by atoms with Gasteiger partial charge in [0, 0.05) is 92.7 Å². The number of fused-ring (bicyclic) bond motifs is 5. The molecular weight excluding hydrogens is 1350 g/mol. The first-order valence-electron chi connectivity index (χ1n) is 28.4. The van der Waals surface area contributed by atoms with E-state index in [2.05, 4.69) is 55.5 Å². The van der Waals surface area contributed by atoms with Gasteiger partial charge in [-0.05, 0) is 86.9 Å². The maximum absolute atomic E-state index is 14.8. The van der Waals surface area contributed by atoms with E-state index in [4.69, 9.17) is 24.5 Å². The van der Waals surface area contributed by atoms with Gasteiger partial charge in [-0.25, -0.2) is 27.8 Å². The minimum Gasteiger partial charge on any atom is -0.456 e. The number of hydrogen-bond acceptors (Lipinski definition) is 22. The van der Waals surface area contributed by atoms with Gasteiger partial charge < -0.3 is 65.1 Å². The molecule has 6 atom stereocenters. The van der Waals surface area contributed by atoms with E-state index >= 15 is 0 Å². The first-order chi connectivity index (χ1) is 43.2. The fourth-order valence-corrected chi connectivity index (χ4v) is 16.9. The van der Waals surface area contributed by atoms with Gasteiger partial charge in [-0.3, -0.25) is 37.6 Å². The summed E-state index contributed by atoms with van der Waals surface area (Å²) >= 11 is 4.09. The molecule has 93 heavy (non-hydrogen) atoms. The van der Waals surface area contributed by atoms with Gasteiger partial charge in [-0.2, -0.15) is 26.1 Å². The number of anilines is 2. The molecule has 2 unspecified atom stereocenters. The number of aliphatic hydroxyl groups is 1. The molecule has 0 bridgehead atoms. The Morgan fingerprint density at radius 3 is 2.22 bits per heavy atom. The van der Waals surface area contributed by atoms with Gasteiger partial charge in [-0.1, -0.05) is 24.3 Å². The largest absolute Gasteiger partial charge is 0.488 e. The number of carbonyl (C=O) groups is 3. The maximum Gasteiger partial charge on any atom is 0.488 e. The minimum absolute atomic E-state index is 0.0437. The number of nitrogens with one attached hydrogen (secondary N) is 3. The highest BCUT2D eigenvalue weighted by molar-refractivity contribution is 8.08. The summed E-state index contributed by atoms with van der Waals surface area (Å²) in [5.41, 5.74) is 6.62. The number of imidazole rings is 1. The second-order valence-corrected chi connectivity index (χ2v) is 31.8. The molecule has 3 amide bonds. The van der Waals surface area contributed by atoms with Crippen molar-refractivity contribution in [1.82, 2.24) is 39.6 Å². The fourth-order valence-electron chi connectivity index (χ4n) is 11.9. The first kappa shape index (κ1) is 70.7. The van der Waals surface area contributed by atoms with Gasteiger partial charge in [0.05, 0.1) is 30.1 Å². The average molecular weight is 1410 g/mol. The Hall–Kier alpha value is -6.66. The zero-order valence-electron chi connectivity index (χ0n) is 50.7. The smallest absolute Gasteiger partial charge is 0.456 e. The maximum atomic E-state index is 14.8. The summed E-state index contributed by atoms with van der Waals surface area (Å²) in [6.07, 6.45) is -3.72. The molecule has 504 valence electrons. The normalized spacial score (nSPS) is 20.4. The number of nitrogens with zero attached hydrogens (tertiary/aromatic N) is 6. The number of nitrogens with two attached hydrogens (primary N) is 1. The number of amides is 3. The third-order valence-corrected chi connectivity index (χ3v) is 21.2. The molecule has 12 N–H and O–H groups in total. The second kappa shape index (κ2) is 26.5. The highest BCUT2D eigenvalue weighted by Crippen LogP contribution is 2.66. The van der Waals surface area contributed by atoms with Gasteiger partial charge in [-0.15, -0.1) is 0 Å². The monoisotopic (exact) mass is 1410 g/mol. The Balaban J connectivity index is 0.915. The first-order valence-corrected chi connectivity index (χ1v) is 37.2. The lowest BCUT2D eigenvalue weighted by Crippen LogP contribution is -2.50. The predicted molar refractivity (Wildman–Crippen MR) is 338 cm³/mol.